The van der Waals surface area contributed by atoms with Gasteiger partial charge in [-0.05, 0) is 66.2 Å². The van der Waals surface area contributed by atoms with Gasteiger partial charge < -0.3 is 0 Å². The van der Waals surface area contributed by atoms with Gasteiger partial charge in [0.05, 0.1) is 15.1 Å². The van der Waals surface area contributed by atoms with Crippen molar-refractivity contribution in [3.05, 3.63) is 75.5 Å². The Hall–Kier alpha value is -2.59. The summed E-state index contributed by atoms with van der Waals surface area (Å²) in [7, 11) is -3.69. The van der Waals surface area contributed by atoms with Crippen molar-refractivity contribution in [2.45, 2.75) is 24.8 Å². The number of thiophene rings is 1. The quantitative estimate of drug-likeness (QED) is 0.471. The maximum Gasteiger partial charge on any atom is 0.257 e. The van der Waals surface area contributed by atoms with Crippen LogP contribution in [-0.2, 0) is 23.0 Å². The first-order valence-electron chi connectivity index (χ1n) is 9.74. The summed E-state index contributed by atoms with van der Waals surface area (Å²) in [6.07, 6.45) is 0.712. The van der Waals surface area contributed by atoms with Gasteiger partial charge in [-0.15, -0.1) is 11.3 Å². The van der Waals surface area contributed by atoms with E-state index in [2.05, 4.69) is 10.3 Å². The molecule has 2 aromatic heterocycles. The van der Waals surface area contributed by atoms with Crippen molar-refractivity contribution in [2.75, 3.05) is 11.9 Å². The number of amides is 1. The number of rotatable bonds is 4. The van der Waals surface area contributed by atoms with Gasteiger partial charge >= 0.3 is 0 Å². The van der Waals surface area contributed by atoms with Crippen molar-refractivity contribution in [1.29, 1.82) is 0 Å². The number of hydrogen-bond donors (Lipinski definition) is 1. The highest BCUT2D eigenvalue weighted by Crippen LogP contribution is 2.29. The van der Waals surface area contributed by atoms with Crippen LogP contribution in [0.1, 0.15) is 26.4 Å². The molecule has 0 radical (unpaired) electrons. The molecule has 0 fully saturated rings. The van der Waals surface area contributed by atoms with Gasteiger partial charge in [0.2, 0.25) is 10.0 Å². The standard InChI is InChI=1S/C22H19N3O3S3/c1-14-5-6-18-20(11-14)30-22(23-18)24-21(26)15-3-2-4-17(12-15)31(27,28)25-9-7-19-16(13-25)8-10-29-19/h2-6,8,10-12H,7,9,13H2,1H3,(H,23,24,26). The van der Waals surface area contributed by atoms with E-state index in [0.717, 1.165) is 21.3 Å². The molecule has 5 rings (SSSR count). The van der Waals surface area contributed by atoms with E-state index in [-0.39, 0.29) is 16.4 Å². The lowest BCUT2D eigenvalue weighted by Crippen LogP contribution is -2.35. The van der Waals surface area contributed by atoms with Gasteiger partial charge in [-0.3, -0.25) is 10.1 Å². The molecule has 0 saturated heterocycles. The number of aromatic nitrogens is 1. The normalized spacial score (nSPS) is 14.5. The van der Waals surface area contributed by atoms with Crippen molar-refractivity contribution in [3.8, 4) is 0 Å². The number of thiazole rings is 1. The fourth-order valence-electron chi connectivity index (χ4n) is 3.63. The van der Waals surface area contributed by atoms with Gasteiger partial charge in [-0.1, -0.05) is 23.5 Å². The third-order valence-corrected chi connectivity index (χ3v) is 9.07. The highest BCUT2D eigenvalue weighted by molar-refractivity contribution is 7.89. The fourth-order valence-corrected chi connectivity index (χ4v) is 6.94. The summed E-state index contributed by atoms with van der Waals surface area (Å²) in [5, 5.41) is 5.28. The van der Waals surface area contributed by atoms with Crippen LogP contribution in [-0.4, -0.2) is 30.2 Å². The average Bonchev–Trinajstić information content (AvgIpc) is 3.39. The van der Waals surface area contributed by atoms with Crippen molar-refractivity contribution in [3.63, 3.8) is 0 Å². The molecule has 0 spiro atoms. The van der Waals surface area contributed by atoms with Crippen LogP contribution in [0.5, 0.6) is 0 Å². The molecular weight excluding hydrogens is 450 g/mol. The van der Waals surface area contributed by atoms with Crippen molar-refractivity contribution in [1.82, 2.24) is 9.29 Å². The SMILES string of the molecule is Cc1ccc2nc(NC(=O)c3cccc(S(=O)(=O)N4CCc5sccc5C4)c3)sc2c1. The minimum atomic E-state index is -3.69. The number of carbonyl (C=O) groups is 1. The number of fused-ring (bicyclic) bond motifs is 2. The Morgan fingerprint density at radius 3 is 2.90 bits per heavy atom. The third-order valence-electron chi connectivity index (χ3n) is 5.27. The smallest absolute Gasteiger partial charge is 0.257 e. The predicted molar refractivity (Wildman–Crippen MR) is 124 cm³/mol. The van der Waals surface area contributed by atoms with Crippen LogP contribution in [0.15, 0.2) is 58.8 Å². The molecule has 1 N–H and O–H groups in total. The molecule has 3 heterocycles. The Labute approximate surface area is 188 Å². The number of carbonyl (C=O) groups excluding carboxylic acids is 1. The predicted octanol–water partition coefficient (Wildman–Crippen LogP) is 4.67. The Morgan fingerprint density at radius 1 is 1.16 bits per heavy atom. The molecule has 4 aromatic rings. The van der Waals surface area contributed by atoms with E-state index in [1.54, 1.807) is 23.5 Å². The summed E-state index contributed by atoms with van der Waals surface area (Å²) in [5.41, 5.74) is 3.28. The van der Waals surface area contributed by atoms with Gasteiger partial charge in [-0.2, -0.15) is 4.31 Å². The van der Waals surface area contributed by atoms with E-state index < -0.39 is 10.0 Å². The van der Waals surface area contributed by atoms with Crippen molar-refractivity contribution >= 4 is 54.0 Å². The van der Waals surface area contributed by atoms with Crippen molar-refractivity contribution in [2.24, 2.45) is 0 Å². The highest BCUT2D eigenvalue weighted by Gasteiger charge is 2.29. The lowest BCUT2D eigenvalue weighted by atomic mass is 10.1. The van der Waals surface area contributed by atoms with Crippen molar-refractivity contribution < 1.29 is 13.2 Å². The van der Waals surface area contributed by atoms with Crippen LogP contribution in [0.4, 0.5) is 5.13 Å². The molecular formula is C22H19N3O3S3. The van der Waals surface area contributed by atoms with E-state index in [9.17, 15) is 13.2 Å². The number of hydrogen-bond acceptors (Lipinski definition) is 6. The van der Waals surface area contributed by atoms with Crippen LogP contribution in [0, 0.1) is 6.92 Å². The zero-order valence-corrected chi connectivity index (χ0v) is 19.1. The summed E-state index contributed by atoms with van der Waals surface area (Å²) < 4.78 is 28.8. The molecule has 0 aliphatic carbocycles. The van der Waals surface area contributed by atoms with E-state index in [1.165, 1.54) is 32.7 Å². The zero-order valence-electron chi connectivity index (χ0n) is 16.7. The summed E-state index contributed by atoms with van der Waals surface area (Å²) >= 11 is 3.06. The minimum Gasteiger partial charge on any atom is -0.298 e. The van der Waals surface area contributed by atoms with E-state index >= 15 is 0 Å². The second-order valence-corrected chi connectivity index (χ2v) is 11.4. The van der Waals surface area contributed by atoms with Crippen LogP contribution < -0.4 is 5.32 Å². The molecule has 158 valence electrons. The van der Waals surface area contributed by atoms with Crippen LogP contribution in [0.2, 0.25) is 0 Å². The molecule has 0 saturated carbocycles. The zero-order chi connectivity index (χ0) is 21.6. The second kappa shape index (κ2) is 7.83. The Kier molecular flexibility index (Phi) is 5.13. The summed E-state index contributed by atoms with van der Waals surface area (Å²) in [4.78, 5) is 18.6. The lowest BCUT2D eigenvalue weighted by molar-refractivity contribution is 0.102. The Balaban J connectivity index is 1.38. The van der Waals surface area contributed by atoms with Gasteiger partial charge in [0.15, 0.2) is 5.13 Å². The molecule has 2 aromatic carbocycles. The molecule has 6 nitrogen and oxygen atoms in total. The fraction of sp³-hybridized carbons (Fsp3) is 0.182. The maximum absolute atomic E-state index is 13.2. The van der Waals surface area contributed by atoms with Crippen LogP contribution in [0.3, 0.4) is 0 Å². The number of nitrogens with one attached hydrogen (secondary N) is 1. The van der Waals surface area contributed by atoms with Gasteiger partial charge in [0.25, 0.3) is 5.91 Å². The van der Waals surface area contributed by atoms with Crippen LogP contribution >= 0.6 is 22.7 Å². The molecule has 1 amide bonds. The van der Waals surface area contributed by atoms with Gasteiger partial charge in [0, 0.05) is 23.5 Å². The summed E-state index contributed by atoms with van der Waals surface area (Å²) in [5.74, 6) is -0.383. The third kappa shape index (κ3) is 3.89. The molecule has 0 bridgehead atoms. The molecule has 31 heavy (non-hydrogen) atoms. The topological polar surface area (TPSA) is 79.4 Å². The van der Waals surface area contributed by atoms with E-state index in [4.69, 9.17) is 0 Å². The molecule has 1 aliphatic heterocycles. The molecule has 0 unspecified atom stereocenters. The Bertz CT molecular complexity index is 1410. The second-order valence-electron chi connectivity index (χ2n) is 7.43. The molecule has 0 atom stereocenters. The minimum absolute atomic E-state index is 0.124. The monoisotopic (exact) mass is 469 g/mol. The summed E-state index contributed by atoms with van der Waals surface area (Å²) in [6, 6.07) is 14.1. The van der Waals surface area contributed by atoms with Gasteiger partial charge in [-0.25, -0.2) is 13.4 Å². The first-order chi connectivity index (χ1) is 14.9. The number of sulfonamides is 1. The van der Waals surface area contributed by atoms with Crippen LogP contribution in [0.25, 0.3) is 10.2 Å². The highest BCUT2D eigenvalue weighted by atomic mass is 32.2. The molecule has 9 heteroatoms. The number of nitrogens with zero attached hydrogens (tertiary/aromatic N) is 2. The lowest BCUT2D eigenvalue weighted by Gasteiger charge is -2.26. The Morgan fingerprint density at radius 2 is 2.03 bits per heavy atom. The number of anilines is 1. The summed E-state index contributed by atoms with van der Waals surface area (Å²) in [6.45, 7) is 2.81. The first-order valence-corrected chi connectivity index (χ1v) is 12.9. The van der Waals surface area contributed by atoms with Gasteiger partial charge in [0.1, 0.15) is 0 Å². The molecule has 1 aliphatic rings. The van der Waals surface area contributed by atoms with E-state index in [0.29, 0.717) is 24.6 Å². The first kappa shape index (κ1) is 20.3. The number of benzene rings is 2. The van der Waals surface area contributed by atoms with E-state index in [1.807, 2.05) is 36.6 Å². The number of aryl methyl sites for hydroxylation is 1. The largest absolute Gasteiger partial charge is 0.298 e. The average molecular weight is 470 g/mol. The maximum atomic E-state index is 13.2.